The number of carbonyl (C=O) groups is 3. The van der Waals surface area contributed by atoms with Gasteiger partial charge in [-0.15, -0.1) is 0 Å². The zero-order chi connectivity index (χ0) is 15.0. The Morgan fingerprint density at radius 3 is 2.40 bits per heavy atom. The Kier molecular flexibility index (Phi) is 3.57. The van der Waals surface area contributed by atoms with Crippen molar-refractivity contribution in [1.82, 2.24) is 4.90 Å². The van der Waals surface area contributed by atoms with Gasteiger partial charge in [-0.2, -0.15) is 0 Å². The first-order chi connectivity index (χ1) is 9.32. The monoisotopic (exact) mass is 279 g/mol. The van der Waals surface area contributed by atoms with Crippen LogP contribution in [0.1, 0.15) is 41.0 Å². The number of benzene rings is 1. The molecule has 2 amide bonds. The van der Waals surface area contributed by atoms with Gasteiger partial charge in [0.2, 0.25) is 0 Å². The third-order valence-electron chi connectivity index (χ3n) is 3.17. The van der Waals surface area contributed by atoms with Gasteiger partial charge in [0.1, 0.15) is 11.9 Å². The van der Waals surface area contributed by atoms with Gasteiger partial charge in [-0.25, -0.2) is 9.18 Å². The Labute approximate surface area is 115 Å². The van der Waals surface area contributed by atoms with Crippen LogP contribution in [0, 0.1) is 11.7 Å². The molecule has 6 heteroatoms. The number of amides is 2. The van der Waals surface area contributed by atoms with E-state index in [1.165, 1.54) is 6.07 Å². The molecule has 1 aromatic rings. The quantitative estimate of drug-likeness (QED) is 0.854. The van der Waals surface area contributed by atoms with Crippen molar-refractivity contribution in [1.29, 1.82) is 0 Å². The van der Waals surface area contributed by atoms with E-state index in [2.05, 4.69) is 0 Å². The van der Waals surface area contributed by atoms with Crippen LogP contribution in [0.4, 0.5) is 4.39 Å². The summed E-state index contributed by atoms with van der Waals surface area (Å²) in [5.41, 5.74) is -0.0311. The molecule has 0 saturated carbocycles. The number of hydrogen-bond acceptors (Lipinski definition) is 3. The van der Waals surface area contributed by atoms with E-state index in [1.54, 1.807) is 13.8 Å². The summed E-state index contributed by atoms with van der Waals surface area (Å²) < 4.78 is 13.2. The smallest absolute Gasteiger partial charge is 0.326 e. The number of nitrogens with zero attached hydrogens (tertiary/aromatic N) is 1. The fraction of sp³-hybridized carbons (Fsp3) is 0.357. The predicted octanol–water partition coefficient (Wildman–Crippen LogP) is 1.92. The van der Waals surface area contributed by atoms with E-state index in [1.807, 2.05) is 0 Å². The maximum atomic E-state index is 13.2. The maximum absolute atomic E-state index is 13.2. The van der Waals surface area contributed by atoms with Gasteiger partial charge in [-0.1, -0.05) is 13.8 Å². The molecule has 0 spiro atoms. The van der Waals surface area contributed by atoms with Crippen LogP contribution in [0.25, 0.3) is 0 Å². The molecule has 106 valence electrons. The molecule has 0 bridgehead atoms. The standard InChI is InChI=1S/C14H14FNO4/c1-7(2)5-11(14(19)20)16-12(17)9-4-3-8(15)6-10(9)13(16)18/h3-4,6-7,11H,5H2,1-2H3,(H,19,20)/t11-/m1/s1. The first-order valence-corrected chi connectivity index (χ1v) is 6.23. The highest BCUT2D eigenvalue weighted by Gasteiger charge is 2.43. The van der Waals surface area contributed by atoms with Crippen LogP contribution in [0.5, 0.6) is 0 Å². The second-order valence-electron chi connectivity index (χ2n) is 5.15. The van der Waals surface area contributed by atoms with Crippen molar-refractivity contribution in [3.63, 3.8) is 0 Å². The van der Waals surface area contributed by atoms with Crippen LogP contribution >= 0.6 is 0 Å². The molecular weight excluding hydrogens is 265 g/mol. The summed E-state index contributed by atoms with van der Waals surface area (Å²) in [6.07, 6.45) is 0.156. The molecule has 0 aromatic heterocycles. The zero-order valence-corrected chi connectivity index (χ0v) is 11.1. The molecule has 1 aliphatic rings. The average Bonchev–Trinajstić information content (AvgIpc) is 2.58. The lowest BCUT2D eigenvalue weighted by molar-refractivity contribution is -0.142. The predicted molar refractivity (Wildman–Crippen MR) is 67.8 cm³/mol. The highest BCUT2D eigenvalue weighted by atomic mass is 19.1. The summed E-state index contributed by atoms with van der Waals surface area (Å²) in [7, 11) is 0. The molecule has 0 unspecified atom stereocenters. The molecule has 1 aromatic carbocycles. The minimum Gasteiger partial charge on any atom is -0.480 e. The second kappa shape index (κ2) is 5.03. The van der Waals surface area contributed by atoms with E-state index in [4.69, 9.17) is 0 Å². The number of carbonyl (C=O) groups excluding carboxylic acids is 2. The van der Waals surface area contributed by atoms with Crippen LogP contribution in [0.15, 0.2) is 18.2 Å². The zero-order valence-electron chi connectivity index (χ0n) is 11.1. The van der Waals surface area contributed by atoms with Crippen LogP contribution in [-0.2, 0) is 4.79 Å². The summed E-state index contributed by atoms with van der Waals surface area (Å²) in [4.78, 5) is 36.4. The third kappa shape index (κ3) is 2.29. The number of fused-ring (bicyclic) bond motifs is 1. The van der Waals surface area contributed by atoms with Crippen LogP contribution in [0.2, 0.25) is 0 Å². The second-order valence-corrected chi connectivity index (χ2v) is 5.15. The van der Waals surface area contributed by atoms with Gasteiger partial charge in [0, 0.05) is 0 Å². The number of halogens is 1. The molecule has 0 radical (unpaired) electrons. The van der Waals surface area contributed by atoms with Gasteiger partial charge in [-0.05, 0) is 30.5 Å². The minimum absolute atomic E-state index is 0.00264. The number of imide groups is 1. The minimum atomic E-state index is -1.24. The molecule has 1 N–H and O–H groups in total. The van der Waals surface area contributed by atoms with Gasteiger partial charge in [0.15, 0.2) is 0 Å². The van der Waals surface area contributed by atoms with Crippen molar-refractivity contribution < 1.29 is 23.9 Å². The van der Waals surface area contributed by atoms with E-state index in [9.17, 15) is 23.9 Å². The Bertz CT molecular complexity index is 597. The average molecular weight is 279 g/mol. The lowest BCUT2D eigenvalue weighted by atomic mass is 10.0. The summed E-state index contributed by atoms with van der Waals surface area (Å²) in [6.45, 7) is 3.60. The SMILES string of the molecule is CC(C)C[C@H](C(=O)O)N1C(=O)c2ccc(F)cc2C1=O. The maximum Gasteiger partial charge on any atom is 0.326 e. The van der Waals surface area contributed by atoms with Crippen LogP contribution in [0.3, 0.4) is 0 Å². The summed E-state index contributed by atoms with van der Waals surface area (Å²) >= 11 is 0. The first kappa shape index (κ1) is 14.2. The number of rotatable bonds is 4. The van der Waals surface area contributed by atoms with Gasteiger partial charge in [-0.3, -0.25) is 14.5 Å². The molecule has 0 fully saturated rings. The fourth-order valence-corrected chi connectivity index (χ4v) is 2.28. The summed E-state index contributed by atoms with van der Waals surface area (Å²) in [6, 6.07) is 2.01. The summed E-state index contributed by atoms with van der Waals surface area (Å²) in [5.74, 6) is -3.32. The van der Waals surface area contributed by atoms with Crippen molar-refractivity contribution in [3.05, 3.63) is 35.1 Å². The lowest BCUT2D eigenvalue weighted by Gasteiger charge is -2.23. The van der Waals surface area contributed by atoms with E-state index in [-0.39, 0.29) is 23.5 Å². The summed E-state index contributed by atoms with van der Waals surface area (Å²) in [5, 5.41) is 9.23. The van der Waals surface area contributed by atoms with E-state index in [0.29, 0.717) is 4.90 Å². The fourth-order valence-electron chi connectivity index (χ4n) is 2.28. The molecule has 20 heavy (non-hydrogen) atoms. The molecule has 1 atom stereocenters. The van der Waals surface area contributed by atoms with Gasteiger partial charge in [0.25, 0.3) is 11.8 Å². The number of carboxylic acids is 1. The van der Waals surface area contributed by atoms with Gasteiger partial charge < -0.3 is 5.11 Å². The van der Waals surface area contributed by atoms with Crippen molar-refractivity contribution in [2.24, 2.45) is 5.92 Å². The number of carboxylic acid groups (broad SMARTS) is 1. The topological polar surface area (TPSA) is 74.7 Å². The molecular formula is C14H14FNO4. The van der Waals surface area contributed by atoms with E-state index in [0.717, 1.165) is 12.1 Å². The molecule has 1 aliphatic heterocycles. The van der Waals surface area contributed by atoms with Crippen molar-refractivity contribution in [3.8, 4) is 0 Å². The molecule has 0 aliphatic carbocycles. The van der Waals surface area contributed by atoms with Crippen molar-refractivity contribution in [2.45, 2.75) is 26.3 Å². The largest absolute Gasteiger partial charge is 0.480 e. The third-order valence-corrected chi connectivity index (χ3v) is 3.17. The highest BCUT2D eigenvalue weighted by molar-refractivity contribution is 6.22. The Morgan fingerprint density at radius 2 is 1.85 bits per heavy atom. The molecule has 2 rings (SSSR count). The molecule has 0 saturated heterocycles. The number of aliphatic carboxylic acids is 1. The highest BCUT2D eigenvalue weighted by Crippen LogP contribution is 2.27. The van der Waals surface area contributed by atoms with E-state index < -0.39 is 29.6 Å². The van der Waals surface area contributed by atoms with E-state index >= 15 is 0 Å². The Balaban J connectivity index is 2.42. The Morgan fingerprint density at radius 1 is 1.25 bits per heavy atom. The van der Waals surface area contributed by atoms with Crippen molar-refractivity contribution in [2.75, 3.05) is 0 Å². The Hall–Kier alpha value is -2.24. The van der Waals surface area contributed by atoms with Gasteiger partial charge in [0.05, 0.1) is 11.1 Å². The van der Waals surface area contributed by atoms with Crippen LogP contribution < -0.4 is 0 Å². The molecule has 5 nitrogen and oxygen atoms in total. The first-order valence-electron chi connectivity index (χ1n) is 6.23. The van der Waals surface area contributed by atoms with Crippen LogP contribution in [-0.4, -0.2) is 33.8 Å². The normalized spacial score (nSPS) is 15.7. The molecule has 1 heterocycles. The number of hydrogen-bond donors (Lipinski definition) is 1. The van der Waals surface area contributed by atoms with Crippen molar-refractivity contribution >= 4 is 17.8 Å². The van der Waals surface area contributed by atoms with Gasteiger partial charge >= 0.3 is 5.97 Å². The lowest BCUT2D eigenvalue weighted by Crippen LogP contribution is -2.45.